The molecule has 0 saturated heterocycles. The van der Waals surface area contributed by atoms with E-state index in [9.17, 15) is 9.59 Å². The van der Waals surface area contributed by atoms with Crippen molar-refractivity contribution in [2.45, 2.75) is 12.8 Å². The van der Waals surface area contributed by atoms with Gasteiger partial charge >= 0.3 is 0 Å². The van der Waals surface area contributed by atoms with E-state index in [-0.39, 0.29) is 23.9 Å². The number of benzene rings is 1. The second-order valence-corrected chi connectivity index (χ2v) is 6.07. The summed E-state index contributed by atoms with van der Waals surface area (Å²) >= 11 is 1.37. The minimum absolute atomic E-state index is 0.174. The largest absolute Gasteiger partial charge is 0.361 e. The van der Waals surface area contributed by atoms with E-state index in [2.05, 4.69) is 20.8 Å². The number of aromatic nitrogens is 2. The zero-order valence-electron chi connectivity index (χ0n) is 13.5. The first kappa shape index (κ1) is 16.8. The molecule has 0 bridgehead atoms. The number of rotatable bonds is 6. The van der Waals surface area contributed by atoms with Crippen LogP contribution < -0.4 is 10.6 Å². The summed E-state index contributed by atoms with van der Waals surface area (Å²) < 4.78 is 5.05. The third-order valence-electron chi connectivity index (χ3n) is 3.44. The van der Waals surface area contributed by atoms with Gasteiger partial charge in [-0.1, -0.05) is 35.5 Å². The maximum Gasteiger partial charge on any atom is 0.273 e. The van der Waals surface area contributed by atoms with Crippen molar-refractivity contribution in [3.63, 3.8) is 0 Å². The van der Waals surface area contributed by atoms with Crippen LogP contribution in [0.5, 0.6) is 0 Å². The second kappa shape index (κ2) is 7.71. The minimum Gasteiger partial charge on any atom is -0.361 e. The van der Waals surface area contributed by atoms with Crippen molar-refractivity contribution in [3.8, 4) is 11.3 Å². The quantitative estimate of drug-likeness (QED) is 0.708. The lowest BCUT2D eigenvalue weighted by atomic mass is 10.2. The van der Waals surface area contributed by atoms with Crippen LogP contribution in [-0.2, 0) is 11.2 Å². The Morgan fingerprint density at radius 3 is 2.80 bits per heavy atom. The molecule has 0 aliphatic heterocycles. The lowest BCUT2D eigenvalue weighted by molar-refractivity contribution is -0.116. The van der Waals surface area contributed by atoms with Gasteiger partial charge in [0.2, 0.25) is 5.91 Å². The smallest absolute Gasteiger partial charge is 0.273 e. The van der Waals surface area contributed by atoms with Crippen LogP contribution in [0.25, 0.3) is 11.3 Å². The normalized spacial score (nSPS) is 10.4. The van der Waals surface area contributed by atoms with Crippen LogP contribution in [0.1, 0.15) is 22.7 Å². The Morgan fingerprint density at radius 1 is 1.24 bits per heavy atom. The van der Waals surface area contributed by atoms with Crippen molar-refractivity contribution in [1.82, 2.24) is 15.5 Å². The number of nitrogens with zero attached hydrogens (tertiary/aromatic N) is 2. The van der Waals surface area contributed by atoms with Gasteiger partial charge in [0.25, 0.3) is 5.91 Å². The lowest BCUT2D eigenvalue weighted by Gasteiger charge is -1.99. The first-order valence-electron chi connectivity index (χ1n) is 7.64. The summed E-state index contributed by atoms with van der Waals surface area (Å²) in [5.41, 5.74) is 2.03. The molecule has 2 amide bonds. The fourth-order valence-corrected chi connectivity index (χ4v) is 2.89. The summed E-state index contributed by atoms with van der Waals surface area (Å²) in [4.78, 5) is 27.9. The summed E-state index contributed by atoms with van der Waals surface area (Å²) in [5.74, 6) is -0.0135. The third-order valence-corrected chi connectivity index (χ3v) is 4.19. The van der Waals surface area contributed by atoms with Gasteiger partial charge in [0.15, 0.2) is 10.8 Å². The van der Waals surface area contributed by atoms with Crippen molar-refractivity contribution in [2.75, 3.05) is 12.4 Å². The van der Waals surface area contributed by atoms with Crippen molar-refractivity contribution in [3.05, 3.63) is 53.2 Å². The maximum absolute atomic E-state index is 12.0. The highest BCUT2D eigenvalue weighted by molar-refractivity contribution is 7.14. The molecule has 0 aliphatic carbocycles. The van der Waals surface area contributed by atoms with E-state index in [1.807, 2.05) is 35.7 Å². The molecule has 0 fully saturated rings. The predicted molar refractivity (Wildman–Crippen MR) is 94.4 cm³/mol. The third kappa shape index (κ3) is 4.30. The van der Waals surface area contributed by atoms with Crippen LogP contribution in [-0.4, -0.2) is 29.0 Å². The standard InChI is InChI=1S/C17H16N4O3S/c1-18-16(23)13-9-12(24-21-13)7-8-15(22)20-17-19-14(10-25-17)11-5-3-2-4-6-11/h2-6,9-10H,7-8H2,1H3,(H,18,23)(H,19,20,22). The van der Waals surface area contributed by atoms with Crippen molar-refractivity contribution in [1.29, 1.82) is 0 Å². The molecule has 2 heterocycles. The molecule has 2 aromatic heterocycles. The molecule has 25 heavy (non-hydrogen) atoms. The maximum atomic E-state index is 12.0. The Balaban J connectivity index is 1.54. The monoisotopic (exact) mass is 356 g/mol. The van der Waals surface area contributed by atoms with Crippen molar-refractivity contribution >= 4 is 28.3 Å². The molecule has 0 unspecified atom stereocenters. The van der Waals surface area contributed by atoms with Crippen molar-refractivity contribution < 1.29 is 14.1 Å². The highest BCUT2D eigenvalue weighted by Gasteiger charge is 2.13. The average molecular weight is 356 g/mol. The number of thiazole rings is 1. The number of hydrogen-bond acceptors (Lipinski definition) is 6. The first-order chi connectivity index (χ1) is 12.2. The zero-order valence-corrected chi connectivity index (χ0v) is 14.3. The zero-order chi connectivity index (χ0) is 17.6. The number of carbonyl (C=O) groups excluding carboxylic acids is 2. The molecule has 0 radical (unpaired) electrons. The van der Waals surface area contributed by atoms with E-state index in [0.29, 0.717) is 17.3 Å². The Labute approximate surface area is 148 Å². The van der Waals surface area contributed by atoms with Gasteiger partial charge in [0, 0.05) is 36.9 Å². The fourth-order valence-electron chi connectivity index (χ4n) is 2.16. The molecule has 0 saturated carbocycles. The van der Waals surface area contributed by atoms with E-state index >= 15 is 0 Å². The summed E-state index contributed by atoms with van der Waals surface area (Å²) in [7, 11) is 1.52. The van der Waals surface area contributed by atoms with E-state index < -0.39 is 0 Å². The molecule has 1 aromatic carbocycles. The van der Waals surface area contributed by atoms with E-state index in [0.717, 1.165) is 11.3 Å². The number of aryl methyl sites for hydroxylation is 1. The number of hydrogen-bond donors (Lipinski definition) is 2. The van der Waals surface area contributed by atoms with Gasteiger partial charge in [-0.15, -0.1) is 11.3 Å². The van der Waals surface area contributed by atoms with Gasteiger partial charge in [-0.05, 0) is 0 Å². The van der Waals surface area contributed by atoms with Gasteiger partial charge in [-0.25, -0.2) is 4.98 Å². The van der Waals surface area contributed by atoms with E-state index in [1.54, 1.807) is 0 Å². The molecule has 3 aromatic rings. The predicted octanol–water partition coefficient (Wildman–Crippen LogP) is 2.73. The van der Waals surface area contributed by atoms with Gasteiger partial charge in [0.05, 0.1) is 5.69 Å². The molecule has 7 nitrogen and oxygen atoms in total. The Bertz CT molecular complexity index is 873. The molecule has 0 aliphatic rings. The van der Waals surface area contributed by atoms with Crippen molar-refractivity contribution in [2.24, 2.45) is 0 Å². The van der Waals surface area contributed by atoms with Gasteiger partial charge in [-0.3, -0.25) is 9.59 Å². The molecule has 3 rings (SSSR count). The Kier molecular flexibility index (Phi) is 5.20. The highest BCUT2D eigenvalue weighted by atomic mass is 32.1. The second-order valence-electron chi connectivity index (χ2n) is 5.21. The molecule has 2 N–H and O–H groups in total. The lowest BCUT2D eigenvalue weighted by Crippen LogP contribution is -2.17. The number of nitrogens with one attached hydrogen (secondary N) is 2. The van der Waals surface area contributed by atoms with Crippen LogP contribution in [0.15, 0.2) is 46.3 Å². The van der Waals surface area contributed by atoms with Crippen LogP contribution in [0.4, 0.5) is 5.13 Å². The highest BCUT2D eigenvalue weighted by Crippen LogP contribution is 2.24. The summed E-state index contributed by atoms with van der Waals surface area (Å²) in [5, 5.41) is 11.3. The average Bonchev–Trinajstić information content (AvgIpc) is 3.29. The van der Waals surface area contributed by atoms with E-state index in [4.69, 9.17) is 4.52 Å². The van der Waals surface area contributed by atoms with Crippen LogP contribution in [0, 0.1) is 0 Å². The Morgan fingerprint density at radius 2 is 2.04 bits per heavy atom. The number of amides is 2. The van der Waals surface area contributed by atoms with Gasteiger partial charge in [-0.2, -0.15) is 0 Å². The summed E-state index contributed by atoms with van der Waals surface area (Å²) in [6.45, 7) is 0. The fraction of sp³-hybridized carbons (Fsp3) is 0.176. The van der Waals surface area contributed by atoms with Crippen LogP contribution in [0.3, 0.4) is 0 Å². The molecule has 8 heteroatoms. The van der Waals surface area contributed by atoms with E-state index in [1.165, 1.54) is 24.5 Å². The molecular weight excluding hydrogens is 340 g/mol. The molecule has 0 spiro atoms. The molecular formula is C17H16N4O3S. The number of anilines is 1. The summed E-state index contributed by atoms with van der Waals surface area (Å²) in [6, 6.07) is 11.3. The topological polar surface area (TPSA) is 97.1 Å². The SMILES string of the molecule is CNC(=O)c1cc(CCC(=O)Nc2nc(-c3ccccc3)cs2)on1. The van der Waals surface area contributed by atoms with Crippen LogP contribution in [0.2, 0.25) is 0 Å². The first-order valence-corrected chi connectivity index (χ1v) is 8.52. The van der Waals surface area contributed by atoms with Gasteiger partial charge < -0.3 is 15.2 Å². The van der Waals surface area contributed by atoms with Crippen LogP contribution >= 0.6 is 11.3 Å². The number of carbonyl (C=O) groups is 2. The molecule has 0 atom stereocenters. The Hall–Kier alpha value is -3.00. The van der Waals surface area contributed by atoms with Gasteiger partial charge in [0.1, 0.15) is 5.76 Å². The summed E-state index contributed by atoms with van der Waals surface area (Å²) in [6.07, 6.45) is 0.565. The minimum atomic E-state index is -0.323. The molecule has 128 valence electrons.